The maximum atomic E-state index is 9.68. The predicted molar refractivity (Wildman–Crippen MR) is 192 cm³/mol. The number of nitrogens with zero attached hydrogens (tertiary/aromatic N) is 7. The molecular weight excluding hydrogens is 631 g/mol. The van der Waals surface area contributed by atoms with Crippen LogP contribution in [0.2, 0.25) is 0 Å². The first kappa shape index (κ1) is 27.9. The first-order valence-corrected chi connectivity index (χ1v) is 16.7. The van der Waals surface area contributed by atoms with E-state index in [1.54, 1.807) is 11.3 Å². The van der Waals surface area contributed by atoms with E-state index in [0.717, 1.165) is 58.1 Å². The Morgan fingerprint density at radius 1 is 0.479 bits per heavy atom. The van der Waals surface area contributed by atoms with E-state index >= 15 is 0 Å². The number of hydrogen-bond acceptors (Lipinski definition) is 9. The molecule has 4 heterocycles. The fourth-order valence-electron chi connectivity index (χ4n) is 6.07. The molecule has 0 bridgehead atoms. The molecule has 0 unspecified atom stereocenters. The molecule has 9 aromatic rings. The lowest BCUT2D eigenvalue weighted by Crippen LogP contribution is -2.00. The van der Waals surface area contributed by atoms with Gasteiger partial charge in [-0.2, -0.15) is 10.5 Å². The monoisotopic (exact) mass is 649 g/mol. The molecule has 0 amide bonds. The van der Waals surface area contributed by atoms with Crippen LogP contribution in [0.3, 0.4) is 0 Å². The molecule has 5 aromatic carbocycles. The third-order valence-electron chi connectivity index (χ3n) is 8.29. The number of thiophene rings is 2. The molecule has 0 N–H and O–H groups in total. The Morgan fingerprint density at radius 2 is 1.10 bits per heavy atom. The van der Waals surface area contributed by atoms with Gasteiger partial charge in [0.1, 0.15) is 12.1 Å². The molecule has 48 heavy (non-hydrogen) atoms. The van der Waals surface area contributed by atoms with Crippen molar-refractivity contribution in [3.05, 3.63) is 127 Å². The number of hydrogen-bond donors (Lipinski definition) is 0. The lowest BCUT2D eigenvalue weighted by Gasteiger charge is -2.10. The summed E-state index contributed by atoms with van der Waals surface area (Å²) >= 11 is 3.21. The average Bonchev–Trinajstić information content (AvgIpc) is 3.72. The SMILES string of the molecule is N#Cc1nc(C#N)c2sc3ccc(-c4ccc5sc6cccc(-c7nc(-c8ccccc8)nc(-c8ccccc8)n7)c6c5c4)cc3c2n1. The van der Waals surface area contributed by atoms with E-state index in [9.17, 15) is 10.5 Å². The van der Waals surface area contributed by atoms with Crippen LogP contribution in [0, 0.1) is 22.7 Å². The van der Waals surface area contributed by atoms with Crippen molar-refractivity contribution in [1.82, 2.24) is 24.9 Å². The molecule has 0 spiro atoms. The van der Waals surface area contributed by atoms with E-state index in [1.807, 2.05) is 72.8 Å². The third-order valence-corrected chi connectivity index (χ3v) is 10.6. The van der Waals surface area contributed by atoms with Crippen LogP contribution in [-0.2, 0) is 0 Å². The van der Waals surface area contributed by atoms with Crippen molar-refractivity contribution in [2.45, 2.75) is 0 Å². The van der Waals surface area contributed by atoms with Crippen LogP contribution < -0.4 is 0 Å². The fourth-order valence-corrected chi connectivity index (χ4v) is 8.25. The molecule has 0 atom stereocenters. The van der Waals surface area contributed by atoms with Gasteiger partial charge in [-0.1, -0.05) is 84.9 Å². The minimum absolute atomic E-state index is 0.00739. The standard InChI is InChI=1S/C39H19N7S2/c40-20-29-36-35(43-33(21-41)42-29)28-19-25(15-17-31(28)48-36)24-14-16-30-27(18-24)34-26(12-7-13-32(34)47-30)39-45-37(22-8-3-1-4-9-22)44-38(46-39)23-10-5-2-6-11-23/h1-19H. The smallest absolute Gasteiger partial charge is 0.217 e. The Kier molecular flexibility index (Phi) is 6.47. The average molecular weight is 650 g/mol. The van der Waals surface area contributed by atoms with Gasteiger partial charge in [-0.25, -0.2) is 24.9 Å². The summed E-state index contributed by atoms with van der Waals surface area (Å²) < 4.78 is 3.98. The molecule has 0 saturated heterocycles. The van der Waals surface area contributed by atoms with Crippen LogP contribution in [0.5, 0.6) is 0 Å². The number of nitriles is 2. The zero-order valence-corrected chi connectivity index (χ0v) is 26.5. The molecule has 222 valence electrons. The Labute approximate surface area is 281 Å². The van der Waals surface area contributed by atoms with E-state index in [-0.39, 0.29) is 11.5 Å². The summed E-state index contributed by atoms with van der Waals surface area (Å²) in [7, 11) is 0. The number of rotatable bonds is 4. The van der Waals surface area contributed by atoms with Crippen molar-refractivity contribution in [2.75, 3.05) is 0 Å². The Morgan fingerprint density at radius 3 is 1.75 bits per heavy atom. The molecule has 0 aliphatic carbocycles. The van der Waals surface area contributed by atoms with E-state index in [0.29, 0.717) is 27.7 Å². The van der Waals surface area contributed by atoms with Crippen molar-refractivity contribution in [3.63, 3.8) is 0 Å². The zero-order chi connectivity index (χ0) is 32.2. The molecular formula is C39H19N7S2. The lowest BCUT2D eigenvalue weighted by molar-refractivity contribution is 1.08. The summed E-state index contributed by atoms with van der Waals surface area (Å²) in [6, 6.07) is 43.1. The molecule has 9 heteroatoms. The summed E-state index contributed by atoms with van der Waals surface area (Å²) in [5.74, 6) is 1.85. The molecule has 0 radical (unpaired) electrons. The Hall–Kier alpha value is -6.39. The van der Waals surface area contributed by atoms with Gasteiger partial charge < -0.3 is 0 Å². The van der Waals surface area contributed by atoms with Gasteiger partial charge >= 0.3 is 0 Å². The molecule has 0 aliphatic rings. The van der Waals surface area contributed by atoms with Crippen molar-refractivity contribution >= 4 is 63.1 Å². The van der Waals surface area contributed by atoms with Crippen molar-refractivity contribution in [1.29, 1.82) is 10.5 Å². The second-order valence-electron chi connectivity index (χ2n) is 11.1. The summed E-state index contributed by atoms with van der Waals surface area (Å²) in [6.45, 7) is 0. The molecule has 0 aliphatic heterocycles. The highest BCUT2D eigenvalue weighted by atomic mass is 32.1. The van der Waals surface area contributed by atoms with Crippen LogP contribution in [0.1, 0.15) is 11.5 Å². The second kappa shape index (κ2) is 11.1. The van der Waals surface area contributed by atoms with E-state index < -0.39 is 0 Å². The van der Waals surface area contributed by atoms with E-state index in [2.05, 4.69) is 64.6 Å². The van der Waals surface area contributed by atoms with Crippen molar-refractivity contribution in [2.24, 2.45) is 0 Å². The number of benzene rings is 5. The topological polar surface area (TPSA) is 112 Å². The highest BCUT2D eigenvalue weighted by Gasteiger charge is 2.18. The largest absolute Gasteiger partial charge is 0.234 e. The van der Waals surface area contributed by atoms with Crippen LogP contribution in [0.15, 0.2) is 115 Å². The van der Waals surface area contributed by atoms with Gasteiger partial charge in [-0.15, -0.1) is 22.7 Å². The quantitative estimate of drug-likeness (QED) is 0.186. The van der Waals surface area contributed by atoms with Crippen LogP contribution in [0.25, 0.3) is 85.8 Å². The van der Waals surface area contributed by atoms with Gasteiger partial charge in [0.25, 0.3) is 0 Å². The van der Waals surface area contributed by atoms with Gasteiger partial charge in [0.05, 0.1) is 10.2 Å². The third kappa shape index (κ3) is 4.57. The van der Waals surface area contributed by atoms with Crippen LogP contribution in [-0.4, -0.2) is 24.9 Å². The Balaban J connectivity index is 1.24. The summed E-state index contributed by atoms with van der Waals surface area (Å²) in [6.07, 6.45) is 0. The molecule has 7 nitrogen and oxygen atoms in total. The molecule has 9 rings (SSSR count). The predicted octanol–water partition coefficient (Wildman–Crippen LogP) is 9.81. The summed E-state index contributed by atoms with van der Waals surface area (Å²) in [5.41, 5.74) is 5.69. The maximum Gasteiger partial charge on any atom is 0.234 e. The maximum absolute atomic E-state index is 9.68. The first-order chi connectivity index (χ1) is 23.7. The minimum Gasteiger partial charge on any atom is -0.217 e. The summed E-state index contributed by atoms with van der Waals surface area (Å²) in [5, 5.41) is 22.3. The van der Waals surface area contributed by atoms with Crippen molar-refractivity contribution in [3.8, 4) is 57.4 Å². The number of aromatic nitrogens is 5. The molecule has 0 saturated carbocycles. The molecule has 4 aromatic heterocycles. The molecule has 0 fully saturated rings. The van der Waals surface area contributed by atoms with Gasteiger partial charge in [0.2, 0.25) is 5.82 Å². The highest BCUT2D eigenvalue weighted by molar-refractivity contribution is 7.26. The van der Waals surface area contributed by atoms with Crippen LogP contribution in [0.4, 0.5) is 0 Å². The van der Waals surface area contributed by atoms with E-state index in [4.69, 9.17) is 15.0 Å². The van der Waals surface area contributed by atoms with Gasteiger partial charge in [-0.05, 0) is 41.5 Å². The van der Waals surface area contributed by atoms with E-state index in [1.165, 1.54) is 11.3 Å². The van der Waals surface area contributed by atoms with Crippen molar-refractivity contribution < 1.29 is 0 Å². The highest BCUT2D eigenvalue weighted by Crippen LogP contribution is 2.42. The second-order valence-corrected chi connectivity index (χ2v) is 13.3. The lowest BCUT2D eigenvalue weighted by atomic mass is 9.99. The van der Waals surface area contributed by atoms with Gasteiger partial charge in [0, 0.05) is 46.9 Å². The fraction of sp³-hybridized carbons (Fsp3) is 0. The summed E-state index contributed by atoms with van der Waals surface area (Å²) in [4.78, 5) is 23.5. The van der Waals surface area contributed by atoms with Gasteiger partial charge in [-0.3, -0.25) is 0 Å². The zero-order valence-electron chi connectivity index (χ0n) is 24.9. The first-order valence-electron chi connectivity index (χ1n) is 15.0. The Bertz CT molecular complexity index is 2750. The van der Waals surface area contributed by atoms with Crippen LogP contribution >= 0.6 is 22.7 Å². The van der Waals surface area contributed by atoms with Gasteiger partial charge in [0.15, 0.2) is 23.2 Å². The number of fused-ring (bicyclic) bond motifs is 6. The minimum atomic E-state index is -0.00739. The normalized spacial score (nSPS) is 11.3.